The van der Waals surface area contributed by atoms with Gasteiger partial charge in [0.1, 0.15) is 0 Å². The average molecular weight is 349 g/mol. The molecule has 21 heavy (non-hydrogen) atoms. The summed E-state index contributed by atoms with van der Waals surface area (Å²) >= 11 is 7.88. The largest absolute Gasteiger partial charge is 0.325 e. The third-order valence-electron chi connectivity index (χ3n) is 3.36. The highest BCUT2D eigenvalue weighted by molar-refractivity contribution is 7.99. The summed E-state index contributed by atoms with van der Waals surface area (Å²) in [5.74, 6) is 2.39. The van der Waals surface area contributed by atoms with Gasteiger partial charge in [0.25, 0.3) is 0 Å². The van der Waals surface area contributed by atoms with E-state index in [0.29, 0.717) is 12.3 Å². The van der Waals surface area contributed by atoms with E-state index >= 15 is 0 Å². The van der Waals surface area contributed by atoms with Crippen LogP contribution in [-0.2, 0) is 14.8 Å². The van der Waals surface area contributed by atoms with E-state index in [1.807, 2.05) is 11.8 Å². The van der Waals surface area contributed by atoms with Gasteiger partial charge in [0.15, 0.2) is 0 Å². The number of amides is 1. The number of sulfonamides is 1. The maximum atomic E-state index is 12.0. The third-order valence-corrected chi connectivity index (χ3v) is 5.64. The van der Waals surface area contributed by atoms with E-state index in [9.17, 15) is 13.2 Å². The summed E-state index contributed by atoms with van der Waals surface area (Å²) in [6, 6.07) is 4.01. The first kappa shape index (κ1) is 16.6. The lowest BCUT2D eigenvalue weighted by atomic mass is 9.98. The van der Waals surface area contributed by atoms with Gasteiger partial charge in [-0.3, -0.25) is 4.79 Å². The first-order valence-corrected chi connectivity index (χ1v) is 9.64. The van der Waals surface area contributed by atoms with Crippen LogP contribution in [0.1, 0.15) is 19.3 Å². The number of carbonyl (C=O) groups excluding carboxylic acids is 1. The fourth-order valence-electron chi connectivity index (χ4n) is 2.19. The molecule has 1 aromatic rings. The van der Waals surface area contributed by atoms with Gasteiger partial charge in [-0.15, -0.1) is 0 Å². The van der Waals surface area contributed by atoms with E-state index in [-0.39, 0.29) is 21.5 Å². The van der Waals surface area contributed by atoms with Crippen molar-refractivity contribution in [2.75, 3.05) is 16.8 Å². The Labute approximate surface area is 133 Å². The van der Waals surface area contributed by atoms with Crippen LogP contribution >= 0.6 is 23.4 Å². The normalized spacial score (nSPS) is 16.7. The molecule has 1 saturated heterocycles. The lowest BCUT2D eigenvalue weighted by Crippen LogP contribution is -2.20. The molecule has 1 aromatic carbocycles. The van der Waals surface area contributed by atoms with Crippen molar-refractivity contribution in [2.45, 2.75) is 24.2 Å². The van der Waals surface area contributed by atoms with E-state index in [0.717, 1.165) is 24.3 Å². The molecule has 1 fully saturated rings. The quantitative estimate of drug-likeness (QED) is 0.874. The van der Waals surface area contributed by atoms with Crippen LogP contribution in [0.5, 0.6) is 0 Å². The Hall–Kier alpha value is -0.760. The van der Waals surface area contributed by atoms with Crippen LogP contribution in [0.15, 0.2) is 23.1 Å². The number of nitrogens with one attached hydrogen (secondary N) is 1. The molecule has 0 unspecified atom stereocenters. The molecule has 8 heteroatoms. The summed E-state index contributed by atoms with van der Waals surface area (Å²) in [5, 5.41) is 8.03. The molecular weight excluding hydrogens is 332 g/mol. The Morgan fingerprint density at radius 1 is 1.38 bits per heavy atom. The van der Waals surface area contributed by atoms with Gasteiger partial charge in [-0.1, -0.05) is 11.6 Å². The van der Waals surface area contributed by atoms with Crippen LogP contribution < -0.4 is 10.5 Å². The van der Waals surface area contributed by atoms with Crippen LogP contribution in [0.25, 0.3) is 0 Å². The second kappa shape index (κ2) is 7.00. The van der Waals surface area contributed by atoms with Crippen LogP contribution in [0.3, 0.4) is 0 Å². The van der Waals surface area contributed by atoms with Crippen LogP contribution in [0.2, 0.25) is 5.02 Å². The van der Waals surface area contributed by atoms with Crippen molar-refractivity contribution in [3.63, 3.8) is 0 Å². The first-order valence-electron chi connectivity index (χ1n) is 6.56. The Bertz CT molecular complexity index is 628. The van der Waals surface area contributed by atoms with Gasteiger partial charge in [-0.25, -0.2) is 13.6 Å². The summed E-state index contributed by atoms with van der Waals surface area (Å²) in [5.41, 5.74) is 0.276. The lowest BCUT2D eigenvalue weighted by Gasteiger charge is -2.20. The zero-order valence-electron chi connectivity index (χ0n) is 11.3. The molecule has 0 saturated carbocycles. The highest BCUT2D eigenvalue weighted by Crippen LogP contribution is 2.28. The molecule has 0 radical (unpaired) electrons. The van der Waals surface area contributed by atoms with Crippen molar-refractivity contribution >= 4 is 45.0 Å². The molecule has 0 aromatic heterocycles. The number of nitrogens with two attached hydrogens (primary N) is 1. The minimum absolute atomic E-state index is 0.0729. The Morgan fingerprint density at radius 2 is 2.05 bits per heavy atom. The van der Waals surface area contributed by atoms with Crippen molar-refractivity contribution in [2.24, 2.45) is 11.1 Å². The zero-order valence-corrected chi connectivity index (χ0v) is 13.7. The maximum absolute atomic E-state index is 12.0. The Morgan fingerprint density at radius 3 is 2.67 bits per heavy atom. The Balaban J connectivity index is 2.06. The molecule has 0 bridgehead atoms. The predicted molar refractivity (Wildman–Crippen MR) is 86.1 cm³/mol. The predicted octanol–water partition coefficient (Wildman–Crippen LogP) is 2.46. The summed E-state index contributed by atoms with van der Waals surface area (Å²) in [4.78, 5) is 12.0. The molecular formula is C13H17ClN2O3S2. The van der Waals surface area contributed by atoms with E-state index in [4.69, 9.17) is 16.7 Å². The molecule has 3 N–H and O–H groups in total. The van der Waals surface area contributed by atoms with E-state index < -0.39 is 10.0 Å². The fourth-order valence-corrected chi connectivity index (χ4v) is 4.10. The molecule has 1 heterocycles. The monoisotopic (exact) mass is 348 g/mol. The molecule has 1 amide bonds. The maximum Gasteiger partial charge on any atom is 0.238 e. The van der Waals surface area contributed by atoms with E-state index in [1.54, 1.807) is 0 Å². The minimum Gasteiger partial charge on any atom is -0.325 e. The van der Waals surface area contributed by atoms with Crippen molar-refractivity contribution in [1.82, 2.24) is 0 Å². The fraction of sp³-hybridized carbons (Fsp3) is 0.462. The topological polar surface area (TPSA) is 89.3 Å². The molecule has 1 aliphatic rings. The van der Waals surface area contributed by atoms with E-state index in [2.05, 4.69) is 5.32 Å². The second-order valence-corrected chi connectivity index (χ2v) is 8.19. The van der Waals surface area contributed by atoms with Crippen molar-refractivity contribution in [3.05, 3.63) is 23.2 Å². The van der Waals surface area contributed by atoms with Gasteiger partial charge in [-0.2, -0.15) is 11.8 Å². The molecule has 0 atom stereocenters. The number of hydrogen-bond acceptors (Lipinski definition) is 4. The molecule has 0 spiro atoms. The summed E-state index contributed by atoms with van der Waals surface area (Å²) in [6.45, 7) is 0. The van der Waals surface area contributed by atoms with Crippen LogP contribution in [-0.4, -0.2) is 25.8 Å². The summed E-state index contributed by atoms with van der Waals surface area (Å²) < 4.78 is 22.6. The van der Waals surface area contributed by atoms with Crippen molar-refractivity contribution in [3.8, 4) is 0 Å². The molecule has 1 aliphatic heterocycles. The number of benzene rings is 1. The smallest absolute Gasteiger partial charge is 0.238 e. The second-order valence-electron chi connectivity index (χ2n) is 4.99. The van der Waals surface area contributed by atoms with Crippen LogP contribution in [0, 0.1) is 5.92 Å². The lowest BCUT2D eigenvalue weighted by molar-refractivity contribution is -0.117. The summed E-state index contributed by atoms with van der Waals surface area (Å²) in [7, 11) is -3.82. The van der Waals surface area contributed by atoms with Gasteiger partial charge < -0.3 is 5.32 Å². The van der Waals surface area contributed by atoms with Gasteiger partial charge in [0.05, 0.1) is 15.6 Å². The number of thioether (sulfide) groups is 1. The minimum atomic E-state index is -3.82. The number of carbonyl (C=O) groups is 1. The van der Waals surface area contributed by atoms with Gasteiger partial charge in [0.2, 0.25) is 15.9 Å². The highest BCUT2D eigenvalue weighted by Gasteiger charge is 2.18. The molecule has 5 nitrogen and oxygen atoms in total. The number of hydrogen-bond donors (Lipinski definition) is 2. The zero-order chi connectivity index (χ0) is 15.5. The SMILES string of the molecule is NS(=O)(=O)c1ccc(Cl)c(NC(=O)CC2CCSCC2)c1. The number of primary sulfonamides is 1. The van der Waals surface area contributed by atoms with Crippen molar-refractivity contribution < 1.29 is 13.2 Å². The van der Waals surface area contributed by atoms with Gasteiger partial charge in [0, 0.05) is 6.42 Å². The first-order chi connectivity index (χ1) is 9.86. The third kappa shape index (κ3) is 4.88. The van der Waals surface area contributed by atoms with Gasteiger partial charge >= 0.3 is 0 Å². The Kier molecular flexibility index (Phi) is 5.54. The van der Waals surface area contributed by atoms with E-state index in [1.165, 1.54) is 18.2 Å². The van der Waals surface area contributed by atoms with Crippen LogP contribution in [0.4, 0.5) is 5.69 Å². The molecule has 0 aliphatic carbocycles. The van der Waals surface area contributed by atoms with Gasteiger partial charge in [-0.05, 0) is 48.5 Å². The highest BCUT2D eigenvalue weighted by atomic mass is 35.5. The number of anilines is 1. The standard InChI is InChI=1S/C13H17ClN2O3S2/c14-11-2-1-10(21(15,18)19)8-12(11)16-13(17)7-9-3-5-20-6-4-9/h1-2,8-9H,3-7H2,(H,16,17)(H2,15,18,19). The number of halogens is 1. The van der Waals surface area contributed by atoms with Crippen molar-refractivity contribution in [1.29, 1.82) is 0 Å². The average Bonchev–Trinajstić information content (AvgIpc) is 2.41. The molecule has 2 rings (SSSR count). The summed E-state index contributed by atoms with van der Waals surface area (Å²) in [6.07, 6.45) is 2.49. The number of rotatable bonds is 4. The molecule has 116 valence electrons.